The molecule has 4 aromatic rings. The van der Waals surface area contributed by atoms with Crippen LogP contribution in [0.4, 0.5) is 5.69 Å². The number of carbonyl (C=O) groups is 1. The highest BCUT2D eigenvalue weighted by Crippen LogP contribution is 2.31. The third-order valence-corrected chi connectivity index (χ3v) is 4.00. The van der Waals surface area contributed by atoms with Gasteiger partial charge in [0.05, 0.1) is 12.7 Å². The van der Waals surface area contributed by atoms with E-state index in [9.17, 15) is 4.79 Å². The number of furan rings is 1. The van der Waals surface area contributed by atoms with Crippen molar-refractivity contribution in [2.24, 2.45) is 0 Å². The number of para-hydroxylation sites is 2. The van der Waals surface area contributed by atoms with E-state index < -0.39 is 0 Å². The molecule has 1 aromatic heterocycles. The van der Waals surface area contributed by atoms with Gasteiger partial charge in [0.25, 0.3) is 5.91 Å². The summed E-state index contributed by atoms with van der Waals surface area (Å²) in [6, 6.07) is 20.6. The van der Waals surface area contributed by atoms with Crippen LogP contribution < -0.4 is 10.1 Å². The fourth-order valence-corrected chi connectivity index (χ4v) is 2.80. The monoisotopic (exact) mass is 317 g/mol. The second kappa shape index (κ2) is 5.74. The van der Waals surface area contributed by atoms with Crippen LogP contribution in [0.3, 0.4) is 0 Å². The Morgan fingerprint density at radius 3 is 2.46 bits per heavy atom. The summed E-state index contributed by atoms with van der Waals surface area (Å²) in [5.41, 5.74) is 2.59. The predicted molar refractivity (Wildman–Crippen MR) is 94.7 cm³/mol. The van der Waals surface area contributed by atoms with Crippen molar-refractivity contribution in [2.75, 3.05) is 12.4 Å². The number of nitrogens with one attached hydrogen (secondary N) is 1. The number of carbonyl (C=O) groups excluding carboxylic acids is 1. The van der Waals surface area contributed by atoms with Crippen LogP contribution in [0.1, 0.15) is 10.4 Å². The fraction of sp³-hybridized carbons (Fsp3) is 0.0500. The molecule has 4 heteroatoms. The van der Waals surface area contributed by atoms with Gasteiger partial charge in [-0.3, -0.25) is 4.79 Å². The summed E-state index contributed by atoms with van der Waals surface area (Å²) in [5, 5.41) is 4.84. The van der Waals surface area contributed by atoms with E-state index in [1.807, 2.05) is 36.4 Å². The highest BCUT2D eigenvalue weighted by molar-refractivity contribution is 6.16. The summed E-state index contributed by atoms with van der Waals surface area (Å²) < 4.78 is 11.0. The van der Waals surface area contributed by atoms with E-state index in [0.29, 0.717) is 16.8 Å². The van der Waals surface area contributed by atoms with Crippen molar-refractivity contribution < 1.29 is 13.9 Å². The Labute approximate surface area is 138 Å². The molecule has 0 fully saturated rings. The lowest BCUT2D eigenvalue weighted by Crippen LogP contribution is -2.11. The lowest BCUT2D eigenvalue weighted by atomic mass is 10.1. The summed E-state index contributed by atoms with van der Waals surface area (Å²) in [6.45, 7) is 0. The van der Waals surface area contributed by atoms with Gasteiger partial charge in [-0.05, 0) is 36.4 Å². The van der Waals surface area contributed by atoms with E-state index in [1.165, 1.54) is 0 Å². The van der Waals surface area contributed by atoms with Gasteiger partial charge in [-0.1, -0.05) is 30.3 Å². The molecular weight excluding hydrogens is 302 g/mol. The first-order valence-corrected chi connectivity index (χ1v) is 7.62. The molecule has 4 rings (SSSR count). The Bertz CT molecular complexity index is 1030. The number of anilines is 1. The molecule has 0 unspecified atom stereocenters. The van der Waals surface area contributed by atoms with E-state index in [0.717, 1.165) is 22.1 Å². The molecule has 0 radical (unpaired) electrons. The molecule has 3 aromatic carbocycles. The van der Waals surface area contributed by atoms with Crippen molar-refractivity contribution in [3.63, 3.8) is 0 Å². The molecule has 0 bridgehead atoms. The Morgan fingerprint density at radius 2 is 1.67 bits per heavy atom. The van der Waals surface area contributed by atoms with E-state index in [-0.39, 0.29) is 5.91 Å². The highest BCUT2D eigenvalue weighted by Gasteiger charge is 2.15. The lowest BCUT2D eigenvalue weighted by molar-refractivity contribution is 0.102. The van der Waals surface area contributed by atoms with Gasteiger partial charge in [-0.15, -0.1) is 0 Å². The minimum absolute atomic E-state index is 0.204. The van der Waals surface area contributed by atoms with E-state index in [2.05, 4.69) is 5.32 Å². The maximum Gasteiger partial charge on any atom is 0.259 e. The number of rotatable bonds is 3. The van der Waals surface area contributed by atoms with Crippen LogP contribution in [0.15, 0.2) is 71.1 Å². The van der Waals surface area contributed by atoms with Gasteiger partial charge in [0.1, 0.15) is 16.9 Å². The Kier molecular flexibility index (Phi) is 3.43. The zero-order valence-electron chi connectivity index (χ0n) is 13.1. The van der Waals surface area contributed by atoms with Gasteiger partial charge < -0.3 is 14.5 Å². The van der Waals surface area contributed by atoms with Crippen LogP contribution in [0.25, 0.3) is 21.9 Å². The van der Waals surface area contributed by atoms with Crippen LogP contribution in [0.5, 0.6) is 5.75 Å². The van der Waals surface area contributed by atoms with Gasteiger partial charge >= 0.3 is 0 Å². The summed E-state index contributed by atoms with van der Waals surface area (Å²) in [5.74, 6) is 0.539. The average Bonchev–Trinajstić information content (AvgIpc) is 3.01. The van der Waals surface area contributed by atoms with E-state index >= 15 is 0 Å². The molecule has 24 heavy (non-hydrogen) atoms. The fourth-order valence-electron chi connectivity index (χ4n) is 2.80. The number of methoxy groups -OCH3 is 1. The van der Waals surface area contributed by atoms with Gasteiger partial charge in [-0.25, -0.2) is 0 Å². The molecule has 1 amide bonds. The Morgan fingerprint density at radius 1 is 0.917 bits per heavy atom. The molecule has 0 aliphatic carbocycles. The van der Waals surface area contributed by atoms with E-state index in [1.54, 1.807) is 37.4 Å². The first kappa shape index (κ1) is 14.3. The largest absolute Gasteiger partial charge is 0.497 e. The van der Waals surface area contributed by atoms with Gasteiger partial charge in [0, 0.05) is 16.5 Å². The zero-order valence-corrected chi connectivity index (χ0v) is 13.1. The molecule has 0 saturated carbocycles. The highest BCUT2D eigenvalue weighted by atomic mass is 16.5. The molecular formula is C20H15NO3. The predicted octanol–water partition coefficient (Wildman–Crippen LogP) is 4.85. The number of hydrogen-bond donors (Lipinski definition) is 1. The second-order valence-corrected chi connectivity index (χ2v) is 5.46. The quantitative estimate of drug-likeness (QED) is 0.588. The number of hydrogen-bond acceptors (Lipinski definition) is 3. The summed E-state index contributed by atoms with van der Waals surface area (Å²) in [4.78, 5) is 12.7. The SMILES string of the molecule is COc1ccc(NC(=O)c2cccc3c2oc2ccccc23)cc1. The van der Waals surface area contributed by atoms with Crippen molar-refractivity contribution in [1.29, 1.82) is 0 Å². The molecule has 0 atom stereocenters. The first-order chi connectivity index (χ1) is 11.8. The molecule has 0 aliphatic rings. The van der Waals surface area contributed by atoms with Crippen LogP contribution >= 0.6 is 0 Å². The number of amides is 1. The molecule has 118 valence electrons. The van der Waals surface area contributed by atoms with Crippen molar-refractivity contribution in [2.45, 2.75) is 0 Å². The molecule has 4 nitrogen and oxygen atoms in total. The number of benzene rings is 3. The topological polar surface area (TPSA) is 51.5 Å². The third kappa shape index (κ3) is 2.38. The molecule has 0 spiro atoms. The Balaban J connectivity index is 1.73. The maximum atomic E-state index is 12.7. The van der Waals surface area contributed by atoms with Crippen LogP contribution in [0, 0.1) is 0 Å². The second-order valence-electron chi connectivity index (χ2n) is 5.46. The number of fused-ring (bicyclic) bond motifs is 3. The van der Waals surface area contributed by atoms with Crippen LogP contribution in [-0.2, 0) is 0 Å². The minimum atomic E-state index is -0.204. The maximum absolute atomic E-state index is 12.7. The average molecular weight is 317 g/mol. The van der Waals surface area contributed by atoms with Crippen molar-refractivity contribution >= 4 is 33.5 Å². The van der Waals surface area contributed by atoms with Crippen LogP contribution in [-0.4, -0.2) is 13.0 Å². The number of ether oxygens (including phenoxy) is 1. The molecule has 0 saturated heterocycles. The smallest absolute Gasteiger partial charge is 0.259 e. The standard InChI is InChI=1S/C20H15NO3/c1-23-14-11-9-13(10-12-14)21-20(22)17-7-4-6-16-15-5-2-3-8-18(15)24-19(16)17/h2-12H,1H3,(H,21,22). The lowest BCUT2D eigenvalue weighted by Gasteiger charge is -2.06. The first-order valence-electron chi connectivity index (χ1n) is 7.62. The molecule has 1 N–H and O–H groups in total. The normalized spacial score (nSPS) is 10.9. The van der Waals surface area contributed by atoms with Gasteiger partial charge in [0.15, 0.2) is 0 Å². The van der Waals surface area contributed by atoms with E-state index in [4.69, 9.17) is 9.15 Å². The molecule has 0 aliphatic heterocycles. The van der Waals surface area contributed by atoms with Crippen molar-refractivity contribution in [3.8, 4) is 5.75 Å². The van der Waals surface area contributed by atoms with Crippen LogP contribution in [0.2, 0.25) is 0 Å². The van der Waals surface area contributed by atoms with Crippen molar-refractivity contribution in [3.05, 3.63) is 72.3 Å². The Hall–Kier alpha value is -3.27. The summed E-state index contributed by atoms with van der Waals surface area (Å²) in [6.07, 6.45) is 0. The summed E-state index contributed by atoms with van der Waals surface area (Å²) in [7, 11) is 1.61. The summed E-state index contributed by atoms with van der Waals surface area (Å²) >= 11 is 0. The third-order valence-electron chi connectivity index (χ3n) is 4.00. The van der Waals surface area contributed by atoms with Gasteiger partial charge in [-0.2, -0.15) is 0 Å². The van der Waals surface area contributed by atoms with Gasteiger partial charge in [0.2, 0.25) is 0 Å². The zero-order chi connectivity index (χ0) is 16.5. The molecule has 1 heterocycles. The minimum Gasteiger partial charge on any atom is -0.497 e. The van der Waals surface area contributed by atoms with Crippen molar-refractivity contribution in [1.82, 2.24) is 0 Å².